The molecule has 3 heterocycles. The lowest BCUT2D eigenvalue weighted by atomic mass is 10.1. The van der Waals surface area contributed by atoms with Crippen molar-refractivity contribution in [3.05, 3.63) is 12.7 Å². The van der Waals surface area contributed by atoms with E-state index in [0.29, 0.717) is 29.1 Å². The Morgan fingerprint density at radius 1 is 1.37 bits per heavy atom. The molecule has 0 bridgehead atoms. The van der Waals surface area contributed by atoms with Crippen LogP contribution in [0.4, 0.5) is 5.82 Å². The van der Waals surface area contributed by atoms with E-state index in [1.54, 1.807) is 0 Å². The molecule has 1 aliphatic heterocycles. The molecule has 0 aromatic carbocycles. The maximum absolute atomic E-state index is 10.8. The van der Waals surface area contributed by atoms with Crippen molar-refractivity contribution < 1.29 is 24.9 Å². The number of carboxylic acids is 1. The van der Waals surface area contributed by atoms with Gasteiger partial charge in [0.1, 0.15) is 47.7 Å². The predicted molar refractivity (Wildman–Crippen MR) is 98.9 cm³/mol. The van der Waals surface area contributed by atoms with Crippen molar-refractivity contribution in [3.8, 4) is 0 Å². The van der Waals surface area contributed by atoms with E-state index in [4.69, 9.17) is 21.3 Å². The number of aliphatic hydroxyl groups excluding tert-OH is 2. The van der Waals surface area contributed by atoms with E-state index in [2.05, 4.69) is 15.0 Å². The summed E-state index contributed by atoms with van der Waals surface area (Å²) < 4.78 is 7.41. The van der Waals surface area contributed by atoms with Crippen molar-refractivity contribution in [2.75, 3.05) is 23.5 Å². The van der Waals surface area contributed by atoms with E-state index in [1.165, 1.54) is 17.2 Å². The highest BCUT2D eigenvalue weighted by molar-refractivity contribution is 7.96. The van der Waals surface area contributed by atoms with E-state index in [1.807, 2.05) is 6.26 Å². The molecule has 1 aliphatic rings. The molecule has 0 aliphatic carbocycles. The molecule has 2 aromatic heterocycles. The molecule has 0 amide bonds. The average Bonchev–Trinajstić information content (AvgIpc) is 3.17. The Labute approximate surface area is 157 Å². The monoisotopic (exact) mass is 398 g/mol. The molecule has 0 saturated carbocycles. The van der Waals surface area contributed by atoms with Crippen molar-refractivity contribution in [2.24, 2.45) is 5.73 Å². The topological polar surface area (TPSA) is 183 Å². The van der Waals surface area contributed by atoms with Crippen LogP contribution in [0.2, 0.25) is 0 Å². The summed E-state index contributed by atoms with van der Waals surface area (Å²) in [4.78, 5) is 23.0. The first-order valence-electron chi connectivity index (χ1n) is 8.31. The van der Waals surface area contributed by atoms with Crippen molar-refractivity contribution in [1.82, 2.24) is 19.5 Å². The molecule has 0 radical (unpaired) electrons. The number of aliphatic carboxylic acids is 1. The van der Waals surface area contributed by atoms with Gasteiger partial charge in [0.25, 0.3) is 0 Å². The van der Waals surface area contributed by atoms with Gasteiger partial charge in [-0.05, 0) is 10.9 Å². The lowest BCUT2D eigenvalue weighted by molar-refractivity contribution is -0.138. The smallest absolute Gasteiger partial charge is 0.320 e. The van der Waals surface area contributed by atoms with Gasteiger partial charge in [0.15, 0.2) is 17.7 Å². The normalized spacial score (nSPS) is 27.7. The zero-order valence-corrected chi connectivity index (χ0v) is 15.5. The quantitative estimate of drug-likeness (QED) is 0.329. The Balaban J connectivity index is 1.68. The maximum Gasteiger partial charge on any atom is 0.320 e. The molecule has 1 fully saturated rings. The van der Waals surface area contributed by atoms with Crippen molar-refractivity contribution in [1.29, 1.82) is 0 Å². The first kappa shape index (κ1) is 19.8. The number of aliphatic hydroxyl groups is 2. The summed E-state index contributed by atoms with van der Waals surface area (Å²) in [5.74, 6) is 0.254. The Kier molecular flexibility index (Phi) is 5.81. The molecular formula is C15H23N6O5S+. The summed E-state index contributed by atoms with van der Waals surface area (Å²) in [7, 11) is -0.235. The van der Waals surface area contributed by atoms with Gasteiger partial charge in [-0.25, -0.2) is 15.0 Å². The second kappa shape index (κ2) is 7.94. The van der Waals surface area contributed by atoms with Gasteiger partial charge >= 0.3 is 5.97 Å². The predicted octanol–water partition coefficient (Wildman–Crippen LogP) is -1.92. The molecular weight excluding hydrogens is 375 g/mol. The Hall–Kier alpha value is -1.99. The summed E-state index contributed by atoms with van der Waals surface area (Å²) in [6, 6.07) is -0.907. The largest absolute Gasteiger partial charge is 0.480 e. The average molecular weight is 398 g/mol. The summed E-state index contributed by atoms with van der Waals surface area (Å²) >= 11 is 0. The second-order valence-electron chi connectivity index (χ2n) is 6.51. The van der Waals surface area contributed by atoms with Crippen LogP contribution in [-0.4, -0.2) is 82.9 Å². The Morgan fingerprint density at radius 3 is 2.81 bits per heavy atom. The highest BCUT2D eigenvalue weighted by atomic mass is 32.2. The molecule has 27 heavy (non-hydrogen) atoms. The number of carboxylic acid groups (broad SMARTS) is 1. The van der Waals surface area contributed by atoms with Crippen LogP contribution < -0.4 is 11.5 Å². The minimum atomic E-state index is -1.16. The zero-order chi connectivity index (χ0) is 19.7. The van der Waals surface area contributed by atoms with E-state index in [-0.39, 0.29) is 16.7 Å². The lowest BCUT2D eigenvalue weighted by Crippen LogP contribution is -2.37. The number of fused-ring (bicyclic) bond motifs is 1. The second-order valence-corrected chi connectivity index (χ2v) is 8.82. The van der Waals surface area contributed by atoms with E-state index in [0.717, 1.165) is 0 Å². The standard InChI is InChI=1S/C15H22N6O5S/c1-27(3-2-7(16)15(24)25)4-8-10(22)11(23)14(26-8)21-6-20-9-12(17)18-5-19-13(9)21/h5-8,10-11,14,22-23H,2-4,16H2,1H3,(H2-,17,18,19,24,25)/p+1/i1-1. The molecule has 12 heteroatoms. The number of rotatable bonds is 7. The number of carbonyl (C=O) groups is 1. The number of nitrogens with two attached hydrogens (primary N) is 2. The van der Waals surface area contributed by atoms with Crippen molar-refractivity contribution in [3.63, 3.8) is 0 Å². The fourth-order valence-corrected chi connectivity index (χ4v) is 4.63. The van der Waals surface area contributed by atoms with Crippen LogP contribution in [-0.2, 0) is 20.4 Å². The highest BCUT2D eigenvalue weighted by Crippen LogP contribution is 2.32. The number of anilines is 1. The van der Waals surface area contributed by atoms with Crippen LogP contribution in [0.25, 0.3) is 11.2 Å². The number of nitrogens with zero attached hydrogens (tertiary/aromatic N) is 4. The number of nitrogen functional groups attached to an aromatic ring is 1. The van der Waals surface area contributed by atoms with Crippen LogP contribution in [0.3, 0.4) is 0 Å². The zero-order valence-electron chi connectivity index (χ0n) is 14.7. The number of hydrogen-bond donors (Lipinski definition) is 5. The van der Waals surface area contributed by atoms with Gasteiger partial charge in [-0.15, -0.1) is 0 Å². The van der Waals surface area contributed by atoms with Gasteiger partial charge in [-0.3, -0.25) is 9.36 Å². The fourth-order valence-electron chi connectivity index (χ4n) is 2.97. The molecule has 0 spiro atoms. The molecule has 11 nitrogen and oxygen atoms in total. The summed E-state index contributed by atoms with van der Waals surface area (Å²) in [5.41, 5.74) is 12.1. The van der Waals surface area contributed by atoms with E-state index in [9.17, 15) is 15.0 Å². The fraction of sp³-hybridized carbons (Fsp3) is 0.600. The third-order valence-corrected chi connectivity index (χ3v) is 6.37. The minimum absolute atomic E-state index is 0.216. The molecule has 148 valence electrons. The van der Waals surface area contributed by atoms with Crippen LogP contribution in [0, 0.1) is 0 Å². The SMILES string of the molecule is [11CH3][S+](CCC(N)C(=O)O)CC1OC(n2cnc3c(N)ncnc32)C(O)C1O. The molecule has 7 N–H and O–H groups in total. The van der Waals surface area contributed by atoms with Crippen LogP contribution in [0.1, 0.15) is 12.6 Å². The van der Waals surface area contributed by atoms with E-state index >= 15 is 0 Å². The number of ether oxygens (including phenoxy) is 1. The lowest BCUT2D eigenvalue weighted by Gasteiger charge is -2.16. The third kappa shape index (κ3) is 3.99. The first-order valence-corrected chi connectivity index (χ1v) is 10.3. The maximum atomic E-state index is 10.8. The number of aromatic nitrogens is 4. The highest BCUT2D eigenvalue weighted by Gasteiger charge is 2.46. The van der Waals surface area contributed by atoms with Gasteiger partial charge in [0.2, 0.25) is 0 Å². The molecule has 1 saturated heterocycles. The number of imidazole rings is 1. The minimum Gasteiger partial charge on any atom is -0.480 e. The summed E-state index contributed by atoms with van der Waals surface area (Å²) in [6.07, 6.45) is 1.31. The molecule has 3 rings (SSSR count). The van der Waals surface area contributed by atoms with E-state index < -0.39 is 36.6 Å². The molecule has 6 unspecified atom stereocenters. The molecule has 6 atom stereocenters. The van der Waals surface area contributed by atoms with Gasteiger partial charge in [0.05, 0.1) is 12.6 Å². The summed E-state index contributed by atoms with van der Waals surface area (Å²) in [5, 5.41) is 29.7. The van der Waals surface area contributed by atoms with Gasteiger partial charge in [-0.1, -0.05) is 0 Å². The van der Waals surface area contributed by atoms with Crippen LogP contribution in [0.5, 0.6) is 0 Å². The van der Waals surface area contributed by atoms with Gasteiger partial charge in [0, 0.05) is 6.42 Å². The number of hydrogen-bond acceptors (Lipinski definition) is 9. The van der Waals surface area contributed by atoms with Gasteiger partial charge < -0.3 is 31.5 Å². The van der Waals surface area contributed by atoms with Gasteiger partial charge in [-0.2, -0.15) is 0 Å². The first-order chi connectivity index (χ1) is 12.8. The summed E-state index contributed by atoms with van der Waals surface area (Å²) in [6.45, 7) is 0. The van der Waals surface area contributed by atoms with Crippen molar-refractivity contribution in [2.45, 2.75) is 37.0 Å². The van der Waals surface area contributed by atoms with Crippen LogP contribution in [0.15, 0.2) is 12.7 Å². The van der Waals surface area contributed by atoms with Crippen LogP contribution >= 0.6 is 0 Å². The molecule has 2 aromatic rings. The van der Waals surface area contributed by atoms with Crippen molar-refractivity contribution >= 4 is 33.8 Å². The Bertz CT molecular complexity index is 819. The third-order valence-electron chi connectivity index (χ3n) is 4.54. The Morgan fingerprint density at radius 2 is 2.11 bits per heavy atom.